The third kappa shape index (κ3) is 33.2. The molecule has 5 nitrogen and oxygen atoms in total. The van der Waals surface area contributed by atoms with Crippen molar-refractivity contribution in [3.63, 3.8) is 0 Å². The largest absolute Gasteiger partial charge is 0.457 e. The van der Waals surface area contributed by atoms with E-state index in [-0.39, 0.29) is 20.4 Å². The summed E-state index contributed by atoms with van der Waals surface area (Å²) >= 11 is 4.53. The molecular weight excluding hydrogens is 2060 g/mol. The average molecular weight is 2180 g/mol. The van der Waals surface area contributed by atoms with Crippen LogP contribution in [-0.2, 0) is 20.4 Å². The fourth-order valence-corrected chi connectivity index (χ4v) is 40.9. The minimum atomic E-state index is -2.21. The Bertz CT molecular complexity index is 5490. The van der Waals surface area contributed by atoms with Crippen LogP contribution in [0.15, 0.2) is 543 Å². The normalized spacial score (nSPS) is 11.0. The molecule has 19 rings (SSSR count). The minimum Gasteiger partial charge on any atom is -0.457 e. The average Bonchev–Trinajstić information content (AvgIpc) is 0.824. The maximum atomic E-state index is 6.05. The number of hydrogen-bond donors (Lipinski definition) is 0. The van der Waals surface area contributed by atoms with E-state index in [2.05, 4.69) is 451 Å². The van der Waals surface area contributed by atoms with E-state index in [0.29, 0.717) is 0 Å². The topological polar surface area (TPSA) is 57.1 Å². The number of allylic oxidation sites excluding steroid dienone is 5. The first kappa shape index (κ1) is 104. The molecular formula is C123H114Br2N3O2P4PdSn+. The summed E-state index contributed by atoms with van der Waals surface area (Å²) in [5, 5.41) is 16.8. The maximum absolute atomic E-state index is 6.05. The van der Waals surface area contributed by atoms with Gasteiger partial charge in [0.15, 0.2) is 4.48 Å². The summed E-state index contributed by atoms with van der Waals surface area (Å²) in [5.41, 5.74) is 3.91. The quantitative estimate of drug-likeness (QED) is 0.0278. The standard InChI is InChI=1S/C22H16N2O.4C18H15P.C12H7Br2O.C5H4N.3C4H9.Pd.Sn/c1-3-13-23-21(11-1)17-7-5-9-19(15-17)25-20-10-6-8-18(16-20)22-12-2-4-14-24-22;4*1-4-10-16(11-5-1)19(17-12-6-2-7-13-17)18-14-8-3-9-15-18;13-9-3-1-5-11(7-9)15-12-6-2-4-10(14)8-12;1-2-4-6-5-3-1;3*1-3-4-2;;/h1-16H;4*1-15H;1-3,5-8H;1-4H;3*1,3-4H2,2H3;;/q;;;;;+1;;;;;;. The predicted octanol–water partition coefficient (Wildman–Crippen LogP) is 28.9. The van der Waals surface area contributed by atoms with Crippen LogP contribution in [0.5, 0.6) is 17.2 Å². The second-order valence-electron chi connectivity index (χ2n) is 31.7. The van der Waals surface area contributed by atoms with Crippen LogP contribution in [-0.4, -0.2) is 33.3 Å². The Morgan fingerprint density at radius 1 is 0.265 bits per heavy atom. The van der Waals surface area contributed by atoms with E-state index in [1.54, 1.807) is 16.1 Å². The third-order valence-corrected chi connectivity index (χ3v) is 47.9. The van der Waals surface area contributed by atoms with Gasteiger partial charge in [-0.15, -0.1) is 0 Å². The molecule has 13 heteroatoms. The van der Waals surface area contributed by atoms with Crippen LogP contribution in [0.4, 0.5) is 0 Å². The number of ether oxygens (including phenoxy) is 2. The number of nitrogens with zero attached hydrogens (tertiary/aromatic N) is 3. The first-order chi connectivity index (χ1) is 66.7. The van der Waals surface area contributed by atoms with Crippen LogP contribution in [0.25, 0.3) is 22.5 Å². The van der Waals surface area contributed by atoms with E-state index in [4.69, 9.17) is 14.5 Å². The molecule has 0 spiro atoms. The van der Waals surface area contributed by atoms with Crippen molar-refractivity contribution in [3.05, 3.63) is 549 Å². The molecule has 0 bridgehead atoms. The summed E-state index contributed by atoms with van der Waals surface area (Å²) in [6, 6.07) is 171. The van der Waals surface area contributed by atoms with Gasteiger partial charge in [-0.05, 0) is 178 Å². The van der Waals surface area contributed by atoms with E-state index in [1.807, 2.05) is 134 Å². The number of halogens is 2. The molecule has 136 heavy (non-hydrogen) atoms. The van der Waals surface area contributed by atoms with Gasteiger partial charge in [-0.1, -0.05) is 422 Å². The Labute approximate surface area is 847 Å². The molecule has 0 saturated heterocycles. The van der Waals surface area contributed by atoms with Crippen molar-refractivity contribution in [1.82, 2.24) is 15.0 Å². The van der Waals surface area contributed by atoms with Gasteiger partial charge in [-0.2, -0.15) is 0 Å². The maximum Gasteiger partial charge on any atom is 0.128 e. The van der Waals surface area contributed by atoms with Gasteiger partial charge in [-0.25, -0.2) is 0 Å². The molecule has 1 aliphatic carbocycles. The van der Waals surface area contributed by atoms with Crippen molar-refractivity contribution >= 4 is 149 Å². The Morgan fingerprint density at radius 2 is 0.515 bits per heavy atom. The van der Waals surface area contributed by atoms with Crippen molar-refractivity contribution in [2.45, 2.75) is 72.6 Å². The van der Waals surface area contributed by atoms with E-state index in [9.17, 15) is 0 Å². The fraction of sp³-hybridized carbons (Fsp3) is 0.0976. The van der Waals surface area contributed by atoms with E-state index in [1.165, 1.54) is 115 Å². The summed E-state index contributed by atoms with van der Waals surface area (Å²) in [6.07, 6.45) is 22.4. The van der Waals surface area contributed by atoms with E-state index in [0.717, 1.165) is 54.5 Å². The summed E-state index contributed by atoms with van der Waals surface area (Å²) < 4.78 is 19.7. The summed E-state index contributed by atoms with van der Waals surface area (Å²) in [6.45, 7) is 6.98. The molecule has 15 aromatic carbocycles. The molecule has 0 saturated carbocycles. The van der Waals surface area contributed by atoms with E-state index < -0.39 is 50.1 Å². The van der Waals surface area contributed by atoms with Gasteiger partial charge >= 0.3 is 124 Å². The monoisotopic (exact) mass is 2170 g/mol. The Morgan fingerprint density at radius 3 is 0.750 bits per heavy atom. The Balaban J connectivity index is 0.000000143. The van der Waals surface area contributed by atoms with Gasteiger partial charge in [0.05, 0.1) is 23.5 Å². The molecule has 3 aromatic heterocycles. The van der Waals surface area contributed by atoms with Crippen molar-refractivity contribution in [2.75, 3.05) is 0 Å². The molecule has 680 valence electrons. The van der Waals surface area contributed by atoms with Crippen LogP contribution < -0.4 is 76.8 Å². The van der Waals surface area contributed by atoms with Gasteiger partial charge < -0.3 is 9.47 Å². The SMILES string of the molecule is BrC1=[C+]C=CC(Oc2cccc(Br)c2)=C1.CCC[CH2][Sn]([CH2]CCC)([CH2]CCC)[c]1ccccn1.[Pd].c1ccc(-c2cccc(Oc3cccc(-c4ccccn4)c3)c2)nc1.c1ccc(P(c2ccccc2)c2ccccc2)cc1.c1ccc(P(c2ccccc2)c2ccccc2)cc1.c1ccc(P(c2ccccc2)c2ccccc2)cc1.c1ccc(P(c2ccccc2)c2ccccc2)cc1. The fourth-order valence-electron chi connectivity index (χ4n) is 15.5. The smallest absolute Gasteiger partial charge is 0.128 e. The molecule has 1 aliphatic rings. The molecule has 0 N–H and O–H groups in total. The second kappa shape index (κ2) is 58.9. The number of benzene rings is 15. The van der Waals surface area contributed by atoms with E-state index >= 15 is 0 Å². The zero-order valence-electron chi connectivity index (χ0n) is 77.1. The van der Waals surface area contributed by atoms with Crippen molar-refractivity contribution in [3.8, 4) is 39.8 Å². The van der Waals surface area contributed by atoms with Gasteiger partial charge in [-0.3, -0.25) is 9.97 Å². The first-order valence-electron chi connectivity index (χ1n) is 46.3. The number of hydrogen-bond acceptors (Lipinski definition) is 5. The third-order valence-electron chi connectivity index (χ3n) is 22.0. The molecule has 0 radical (unpaired) electrons. The summed E-state index contributed by atoms with van der Waals surface area (Å²) in [4.78, 5) is 13.6. The second-order valence-corrected chi connectivity index (χ2v) is 55.4. The zero-order valence-corrected chi connectivity index (χ0v) is 88.3. The van der Waals surface area contributed by atoms with Gasteiger partial charge in [0, 0.05) is 48.4 Å². The number of rotatable bonds is 28. The Kier molecular flexibility index (Phi) is 44.9. The minimum absolute atomic E-state index is 0. The number of aromatic nitrogens is 3. The van der Waals surface area contributed by atoms with Crippen molar-refractivity contribution in [2.24, 2.45) is 0 Å². The van der Waals surface area contributed by atoms with Gasteiger partial charge in [0.1, 0.15) is 29.4 Å². The van der Waals surface area contributed by atoms with Gasteiger partial charge in [0.2, 0.25) is 5.76 Å². The van der Waals surface area contributed by atoms with Crippen LogP contribution in [0.2, 0.25) is 13.3 Å². The zero-order chi connectivity index (χ0) is 93.2. The van der Waals surface area contributed by atoms with Crippen molar-refractivity contribution in [1.29, 1.82) is 0 Å². The molecule has 0 amide bonds. The molecule has 18 aromatic rings. The molecule has 0 atom stereocenters. The Hall–Kier alpha value is -11.4. The molecule has 0 unspecified atom stereocenters. The molecule has 0 aliphatic heterocycles. The van der Waals surface area contributed by atoms with Crippen LogP contribution >= 0.6 is 63.5 Å². The number of pyridine rings is 3. The number of unbranched alkanes of at least 4 members (excludes halogenated alkanes) is 3. The van der Waals surface area contributed by atoms with Gasteiger partial charge in [0.25, 0.3) is 0 Å². The van der Waals surface area contributed by atoms with Crippen LogP contribution in [0.1, 0.15) is 59.3 Å². The molecule has 3 heterocycles. The first-order valence-corrected chi connectivity index (χ1v) is 60.7. The predicted molar refractivity (Wildman–Crippen MR) is 596 cm³/mol. The summed E-state index contributed by atoms with van der Waals surface area (Å²) in [5.74, 6) is 3.16. The van der Waals surface area contributed by atoms with Crippen LogP contribution in [0.3, 0.4) is 0 Å². The molecule has 0 fully saturated rings. The van der Waals surface area contributed by atoms with Crippen LogP contribution in [0, 0.1) is 6.08 Å². The van der Waals surface area contributed by atoms with Crippen molar-refractivity contribution < 1.29 is 29.9 Å². The summed E-state index contributed by atoms with van der Waals surface area (Å²) in [7, 11) is -1.78.